The van der Waals surface area contributed by atoms with E-state index >= 15 is 0 Å². The minimum absolute atomic E-state index is 0.187. The summed E-state index contributed by atoms with van der Waals surface area (Å²) in [5, 5.41) is 11.8. The third-order valence-electron chi connectivity index (χ3n) is 7.69. The summed E-state index contributed by atoms with van der Waals surface area (Å²) in [6.07, 6.45) is 2.25. The van der Waals surface area contributed by atoms with Crippen LogP contribution in [0.4, 0.5) is 16.2 Å². The van der Waals surface area contributed by atoms with Crippen molar-refractivity contribution in [3.63, 3.8) is 0 Å². The summed E-state index contributed by atoms with van der Waals surface area (Å²) in [6.45, 7) is 9.59. The first-order valence-corrected chi connectivity index (χ1v) is 16.0. The van der Waals surface area contributed by atoms with Crippen LogP contribution < -0.4 is 21.3 Å². The number of carbonyl (C=O) groups is 1. The van der Waals surface area contributed by atoms with E-state index in [1.807, 2.05) is 72.8 Å². The molecule has 0 saturated carbocycles. The van der Waals surface area contributed by atoms with Gasteiger partial charge < -0.3 is 21.3 Å². The van der Waals surface area contributed by atoms with E-state index in [4.69, 9.17) is 0 Å². The lowest BCUT2D eigenvalue weighted by atomic mass is 9.86. The molecule has 0 aromatic heterocycles. The zero-order valence-electron chi connectivity index (χ0n) is 24.1. The molecular formula is C32H42N4O3S. The topological polar surface area (TPSA) is 99.3 Å². The van der Waals surface area contributed by atoms with Crippen LogP contribution in [0.3, 0.4) is 0 Å². The van der Waals surface area contributed by atoms with E-state index in [-0.39, 0.29) is 11.8 Å². The van der Waals surface area contributed by atoms with Gasteiger partial charge in [0.05, 0.1) is 5.54 Å². The zero-order valence-corrected chi connectivity index (χ0v) is 24.9. The predicted molar refractivity (Wildman–Crippen MR) is 166 cm³/mol. The second kappa shape index (κ2) is 12.4. The number of nitrogens with one attached hydrogen (secondary N) is 4. The van der Waals surface area contributed by atoms with Crippen molar-refractivity contribution in [2.45, 2.75) is 63.3 Å². The Bertz CT molecular complexity index is 1390. The maximum atomic E-state index is 13.6. The monoisotopic (exact) mass is 562 g/mol. The van der Waals surface area contributed by atoms with Gasteiger partial charge in [0, 0.05) is 23.2 Å². The van der Waals surface area contributed by atoms with E-state index in [1.54, 1.807) is 0 Å². The fourth-order valence-electron chi connectivity index (χ4n) is 5.67. The number of para-hydroxylation sites is 2. The van der Waals surface area contributed by atoms with Gasteiger partial charge in [0.25, 0.3) is 0 Å². The van der Waals surface area contributed by atoms with Crippen LogP contribution in [0.5, 0.6) is 0 Å². The highest BCUT2D eigenvalue weighted by atomic mass is 32.2. The molecule has 1 fully saturated rings. The van der Waals surface area contributed by atoms with E-state index in [2.05, 4.69) is 49.0 Å². The number of hydrogen-bond acceptors (Lipinski definition) is 5. The Hall–Kier alpha value is -3.36. The largest absolute Gasteiger partial charge is 0.376 e. The highest BCUT2D eigenvalue weighted by Gasteiger charge is 2.46. The highest BCUT2D eigenvalue weighted by molar-refractivity contribution is 7.91. The molecule has 0 spiro atoms. The van der Waals surface area contributed by atoms with Crippen molar-refractivity contribution >= 4 is 27.2 Å². The maximum Gasteiger partial charge on any atom is 0.320 e. The Labute approximate surface area is 239 Å². The molecule has 1 unspecified atom stereocenters. The van der Waals surface area contributed by atoms with Crippen LogP contribution >= 0.6 is 0 Å². The maximum absolute atomic E-state index is 13.6. The summed E-state index contributed by atoms with van der Waals surface area (Å²) in [4.78, 5) is 13.6. The first kappa shape index (κ1) is 29.6. The molecule has 4 N–H and O–H groups in total. The number of hydrogen-bond donors (Lipinski definition) is 4. The lowest BCUT2D eigenvalue weighted by Crippen LogP contribution is -2.64. The summed E-state index contributed by atoms with van der Waals surface area (Å²) in [5.41, 5.74) is 4.71. The minimum atomic E-state index is -3.72. The zero-order chi connectivity index (χ0) is 28.9. The molecule has 1 aliphatic rings. The normalized spacial score (nSPS) is 16.0. The third kappa shape index (κ3) is 6.67. The van der Waals surface area contributed by atoms with E-state index in [0.29, 0.717) is 25.9 Å². The van der Waals surface area contributed by atoms with Crippen molar-refractivity contribution in [2.24, 2.45) is 0 Å². The van der Waals surface area contributed by atoms with Crippen LogP contribution in [-0.4, -0.2) is 44.7 Å². The standard InChI is InChI=1S/C32H42N4O3S/c1-22(2)25-15-11-16-26(23(3)4)29(25)34-31(37)35-30(40(5,38)39)32(18-20-33-21-19-32)36-28-17-10-9-14-27(28)24-12-7-6-8-13-24/h6-17,22-23,30,33,36H,18-21H2,1-5H3,(H2,34,35,37). The van der Waals surface area contributed by atoms with Gasteiger partial charge in [-0.25, -0.2) is 13.2 Å². The summed E-state index contributed by atoms with van der Waals surface area (Å²) < 4.78 is 26.8. The number of rotatable bonds is 9. The van der Waals surface area contributed by atoms with Gasteiger partial charge in [0.1, 0.15) is 0 Å². The summed E-state index contributed by atoms with van der Waals surface area (Å²) in [6, 6.07) is 23.4. The summed E-state index contributed by atoms with van der Waals surface area (Å²) in [7, 11) is -3.72. The Kier molecular flexibility index (Phi) is 9.21. The third-order valence-corrected chi connectivity index (χ3v) is 9.12. The lowest BCUT2D eigenvalue weighted by molar-refractivity contribution is 0.240. The highest BCUT2D eigenvalue weighted by Crippen LogP contribution is 2.36. The van der Waals surface area contributed by atoms with Crippen molar-refractivity contribution < 1.29 is 13.2 Å². The number of piperidine rings is 1. The van der Waals surface area contributed by atoms with E-state index in [0.717, 1.165) is 33.6 Å². The van der Waals surface area contributed by atoms with Gasteiger partial charge in [-0.15, -0.1) is 0 Å². The van der Waals surface area contributed by atoms with Gasteiger partial charge >= 0.3 is 6.03 Å². The predicted octanol–water partition coefficient (Wildman–Crippen LogP) is 6.33. The molecule has 8 heteroatoms. The van der Waals surface area contributed by atoms with Gasteiger partial charge in [-0.1, -0.05) is 94.4 Å². The smallest absolute Gasteiger partial charge is 0.320 e. The van der Waals surface area contributed by atoms with E-state index in [1.165, 1.54) is 6.26 Å². The van der Waals surface area contributed by atoms with Crippen LogP contribution in [0, 0.1) is 0 Å². The molecule has 1 atom stereocenters. The SMILES string of the molecule is CC(C)c1cccc(C(C)C)c1NC(=O)NC(C1(Nc2ccccc2-c2ccccc2)CCNCC1)S(C)(=O)=O. The molecule has 4 rings (SSSR count). The van der Waals surface area contributed by atoms with E-state index < -0.39 is 26.8 Å². The molecule has 3 aromatic rings. The van der Waals surface area contributed by atoms with Gasteiger partial charge in [0.15, 0.2) is 15.2 Å². The van der Waals surface area contributed by atoms with Crippen LogP contribution in [0.2, 0.25) is 0 Å². The first-order valence-electron chi connectivity index (χ1n) is 14.0. The second-order valence-electron chi connectivity index (χ2n) is 11.4. The quantitative estimate of drug-likeness (QED) is 0.244. The van der Waals surface area contributed by atoms with Crippen molar-refractivity contribution in [3.05, 3.63) is 83.9 Å². The number of anilines is 2. The first-order chi connectivity index (χ1) is 19.0. The molecule has 7 nitrogen and oxygen atoms in total. The second-order valence-corrected chi connectivity index (χ2v) is 13.5. The Morgan fingerprint density at radius 1 is 0.825 bits per heavy atom. The van der Waals surface area contributed by atoms with Crippen molar-refractivity contribution in [3.8, 4) is 11.1 Å². The van der Waals surface area contributed by atoms with Crippen LogP contribution in [0.25, 0.3) is 11.1 Å². The lowest BCUT2D eigenvalue weighted by Gasteiger charge is -2.44. The molecule has 1 saturated heterocycles. The molecule has 0 bridgehead atoms. The molecule has 214 valence electrons. The number of benzene rings is 3. The molecule has 2 amide bonds. The van der Waals surface area contributed by atoms with Crippen molar-refractivity contribution in [1.29, 1.82) is 0 Å². The number of amides is 2. The van der Waals surface area contributed by atoms with Gasteiger partial charge in [-0.05, 0) is 60.5 Å². The molecule has 0 aliphatic carbocycles. The fourth-order valence-corrected chi connectivity index (χ4v) is 7.11. The molecule has 1 heterocycles. The Morgan fingerprint density at radius 2 is 1.40 bits per heavy atom. The van der Waals surface area contributed by atoms with Gasteiger partial charge in [-0.3, -0.25) is 0 Å². The summed E-state index contributed by atoms with van der Waals surface area (Å²) in [5.74, 6) is 0.373. The van der Waals surface area contributed by atoms with Crippen molar-refractivity contribution in [2.75, 3.05) is 30.0 Å². The molecule has 0 radical (unpaired) electrons. The average molecular weight is 563 g/mol. The van der Waals surface area contributed by atoms with Crippen LogP contribution in [0.15, 0.2) is 72.8 Å². The fraction of sp³-hybridized carbons (Fsp3) is 0.406. The van der Waals surface area contributed by atoms with Crippen molar-refractivity contribution in [1.82, 2.24) is 10.6 Å². The Morgan fingerprint density at radius 3 is 1.98 bits per heavy atom. The molecule has 3 aromatic carbocycles. The van der Waals surface area contributed by atoms with Crippen LogP contribution in [0.1, 0.15) is 63.5 Å². The molecule has 1 aliphatic heterocycles. The van der Waals surface area contributed by atoms with Gasteiger partial charge in [0.2, 0.25) is 0 Å². The number of urea groups is 1. The molecular weight excluding hydrogens is 520 g/mol. The van der Waals surface area contributed by atoms with Gasteiger partial charge in [-0.2, -0.15) is 0 Å². The summed E-state index contributed by atoms with van der Waals surface area (Å²) >= 11 is 0. The van der Waals surface area contributed by atoms with E-state index in [9.17, 15) is 13.2 Å². The average Bonchev–Trinajstić information content (AvgIpc) is 2.92. The number of carbonyl (C=O) groups excluding carboxylic acids is 1. The minimum Gasteiger partial charge on any atom is -0.376 e. The number of sulfone groups is 1. The Balaban J connectivity index is 1.71. The molecule has 40 heavy (non-hydrogen) atoms. The van der Waals surface area contributed by atoms with Crippen LogP contribution in [-0.2, 0) is 9.84 Å².